The lowest BCUT2D eigenvalue weighted by Crippen LogP contribution is -2.00. The molecule has 0 aliphatic carbocycles. The zero-order valence-electron chi connectivity index (χ0n) is 3.09. The molecule has 0 heterocycles. The van der Waals surface area contributed by atoms with Crippen LogP contribution in [0.2, 0.25) is 0 Å². The van der Waals surface area contributed by atoms with Gasteiger partial charge in [0.25, 0.3) is 0 Å². The molecule has 0 aromatic rings. The van der Waals surface area contributed by atoms with Crippen molar-refractivity contribution >= 4 is 10.9 Å². The quantitative estimate of drug-likeness (QED) is 0.361. The highest BCUT2D eigenvalue weighted by atomic mass is 32.2. The average molecular weight is 113 g/mol. The van der Waals surface area contributed by atoms with Gasteiger partial charge in [-0.1, -0.05) is 0 Å². The Bertz CT molecular complexity index is 89.7. The van der Waals surface area contributed by atoms with Crippen molar-refractivity contribution in [3.63, 3.8) is 0 Å². The summed E-state index contributed by atoms with van der Waals surface area (Å²) in [5.74, 6) is 0. The molecule has 38 valence electrons. The number of thiol groups is 1. The van der Waals surface area contributed by atoms with Gasteiger partial charge in [0.1, 0.15) is 0 Å². The summed E-state index contributed by atoms with van der Waals surface area (Å²) < 4.78 is 29.3. The van der Waals surface area contributed by atoms with Crippen LogP contribution in [0.1, 0.15) is 0 Å². The molecular formula is CH4FNO2S. The minimum atomic E-state index is -2.99. The summed E-state index contributed by atoms with van der Waals surface area (Å²) in [4.78, 5) is 0. The Morgan fingerprint density at radius 3 is 1.83 bits per heavy atom. The second-order valence-corrected chi connectivity index (χ2v) is 1.71. The average Bonchev–Trinajstić information content (AvgIpc) is 1.36. The van der Waals surface area contributed by atoms with Gasteiger partial charge in [-0.2, -0.15) is 0 Å². The van der Waals surface area contributed by atoms with Crippen LogP contribution in [0.25, 0.3) is 0 Å². The molecule has 0 atom stereocenters. The fourth-order valence-electron chi connectivity index (χ4n) is 0. The van der Waals surface area contributed by atoms with Gasteiger partial charge in [-0.3, -0.25) is 0 Å². The normalized spacial score (nSPS) is 10.7. The van der Waals surface area contributed by atoms with E-state index in [1.807, 2.05) is 0 Å². The maximum absolute atomic E-state index is 11.1. The van der Waals surface area contributed by atoms with E-state index in [1.54, 1.807) is 0 Å². The molecule has 6 heavy (non-hydrogen) atoms. The van der Waals surface area contributed by atoms with Crippen LogP contribution in [-0.2, 0) is 10.9 Å². The maximum atomic E-state index is 11.1. The van der Waals surface area contributed by atoms with Crippen molar-refractivity contribution in [2.45, 2.75) is 0 Å². The first-order chi connectivity index (χ1) is 2.64. The van der Waals surface area contributed by atoms with Crippen LogP contribution in [0, 0.1) is 0 Å². The molecule has 0 aliphatic rings. The zero-order chi connectivity index (χ0) is 5.15. The van der Waals surface area contributed by atoms with Gasteiger partial charge in [-0.25, -0.2) is 8.42 Å². The van der Waals surface area contributed by atoms with Crippen molar-refractivity contribution in [2.24, 2.45) is 0 Å². The number of halogens is 1. The molecule has 0 rings (SSSR count). The molecule has 0 radical (unpaired) electrons. The largest absolute Gasteiger partial charge is 0.229 e. The second kappa shape index (κ2) is 2.09. The van der Waals surface area contributed by atoms with Gasteiger partial charge in [0.15, 0.2) is 0 Å². The summed E-state index contributed by atoms with van der Waals surface area (Å²) in [6.45, 7) is 0. The molecule has 0 saturated carbocycles. The van der Waals surface area contributed by atoms with Crippen LogP contribution >= 0.6 is 0 Å². The fourth-order valence-corrected chi connectivity index (χ4v) is 0. The van der Waals surface area contributed by atoms with Crippen molar-refractivity contribution in [1.29, 1.82) is 0 Å². The Hall–Kier alpha value is -0.160. The van der Waals surface area contributed by atoms with Crippen LogP contribution < -0.4 is 0 Å². The van der Waals surface area contributed by atoms with Gasteiger partial charge < -0.3 is 0 Å². The molecule has 0 N–H and O–H groups in total. The van der Waals surface area contributed by atoms with Gasteiger partial charge in [-0.05, 0) is 4.53 Å². The van der Waals surface area contributed by atoms with Gasteiger partial charge in [0.2, 0.25) is 10.9 Å². The van der Waals surface area contributed by atoms with E-state index in [4.69, 9.17) is 0 Å². The first-order valence-corrected chi connectivity index (χ1v) is 2.31. The molecule has 0 aliphatic heterocycles. The lowest BCUT2D eigenvalue weighted by Gasteiger charge is -1.84. The molecule has 0 fully saturated rings. The molecule has 0 saturated heterocycles. The second-order valence-electron chi connectivity index (χ2n) is 0.682. The summed E-state index contributed by atoms with van der Waals surface area (Å²) in [7, 11) is -2.18. The van der Waals surface area contributed by atoms with E-state index in [0.717, 1.165) is 7.05 Å². The minimum absolute atomic E-state index is 0.380. The van der Waals surface area contributed by atoms with Crippen molar-refractivity contribution in [1.82, 2.24) is 4.53 Å². The van der Waals surface area contributed by atoms with Gasteiger partial charge in [-0.15, -0.1) is 4.48 Å². The van der Waals surface area contributed by atoms with E-state index in [1.165, 1.54) is 0 Å². The van der Waals surface area contributed by atoms with Crippen LogP contribution in [0.15, 0.2) is 0 Å². The minimum Gasteiger partial charge on any atom is -0.213 e. The molecular weight excluding hydrogens is 109 g/mol. The molecule has 3 nitrogen and oxygen atoms in total. The van der Waals surface area contributed by atoms with E-state index in [2.05, 4.69) is 0 Å². The zero-order valence-corrected chi connectivity index (χ0v) is 3.98. The maximum Gasteiger partial charge on any atom is 0.229 e. The molecule has 5 heteroatoms. The van der Waals surface area contributed by atoms with E-state index in [0.29, 0.717) is 0 Å². The Kier molecular flexibility index (Phi) is 2.04. The van der Waals surface area contributed by atoms with Gasteiger partial charge in [0, 0.05) is 7.05 Å². The van der Waals surface area contributed by atoms with Gasteiger partial charge in [0.05, 0.1) is 0 Å². The number of hydrogen-bond donors (Lipinski definition) is 1. The van der Waals surface area contributed by atoms with Crippen molar-refractivity contribution in [3.05, 3.63) is 0 Å². The standard InChI is InChI=1S/CH4FNO2S/c1-3(2)6(4)5/h6H,1H3. The Morgan fingerprint density at radius 2 is 1.83 bits per heavy atom. The van der Waals surface area contributed by atoms with E-state index in [9.17, 15) is 12.9 Å². The number of hydrogen-bond acceptors (Lipinski definition) is 2. The number of nitrogens with zero attached hydrogens (tertiary/aromatic N) is 1. The lowest BCUT2D eigenvalue weighted by molar-refractivity contribution is 0.185. The third kappa shape index (κ3) is 2.10. The van der Waals surface area contributed by atoms with Crippen LogP contribution in [0.3, 0.4) is 0 Å². The van der Waals surface area contributed by atoms with Gasteiger partial charge >= 0.3 is 0 Å². The Morgan fingerprint density at radius 1 is 1.67 bits per heavy atom. The SMILES string of the molecule is CN(F)[SH](=O)=O. The summed E-state index contributed by atoms with van der Waals surface area (Å²) >= 11 is 0. The Balaban J connectivity index is 3.57. The smallest absolute Gasteiger partial charge is 0.213 e. The molecule has 0 aromatic heterocycles. The van der Waals surface area contributed by atoms with Crippen molar-refractivity contribution < 1.29 is 12.9 Å². The highest BCUT2D eigenvalue weighted by molar-refractivity contribution is 7.69. The summed E-state index contributed by atoms with van der Waals surface area (Å²) in [6, 6.07) is 0. The predicted octanol–water partition coefficient (Wildman–Crippen LogP) is -0.671. The molecule has 0 aromatic carbocycles. The van der Waals surface area contributed by atoms with E-state index >= 15 is 0 Å². The summed E-state index contributed by atoms with van der Waals surface area (Å²) in [5, 5.41) is 0. The number of rotatable bonds is 1. The van der Waals surface area contributed by atoms with Crippen LogP contribution in [0.4, 0.5) is 4.48 Å². The topological polar surface area (TPSA) is 37.4 Å². The fraction of sp³-hybridized carbons (Fsp3) is 1.00. The van der Waals surface area contributed by atoms with Crippen molar-refractivity contribution in [2.75, 3.05) is 7.05 Å². The summed E-state index contributed by atoms with van der Waals surface area (Å²) in [6.07, 6.45) is 0. The highest BCUT2D eigenvalue weighted by Gasteiger charge is 1.87. The molecule has 0 bridgehead atoms. The Labute approximate surface area is 36.4 Å². The van der Waals surface area contributed by atoms with Crippen molar-refractivity contribution in [3.8, 4) is 0 Å². The summed E-state index contributed by atoms with van der Waals surface area (Å²) in [5.41, 5.74) is 0. The first kappa shape index (κ1) is 5.84. The van der Waals surface area contributed by atoms with Crippen LogP contribution in [0.5, 0.6) is 0 Å². The first-order valence-electron chi connectivity index (χ1n) is 1.18. The monoisotopic (exact) mass is 113 g/mol. The molecule has 0 spiro atoms. The van der Waals surface area contributed by atoms with E-state index < -0.39 is 10.9 Å². The third-order valence-electron chi connectivity index (χ3n) is 0.225. The predicted molar refractivity (Wildman–Crippen MR) is 19.2 cm³/mol. The highest BCUT2D eigenvalue weighted by Crippen LogP contribution is 1.74. The molecule has 0 amide bonds. The lowest BCUT2D eigenvalue weighted by atomic mass is 11.6. The van der Waals surface area contributed by atoms with E-state index in [-0.39, 0.29) is 4.53 Å². The van der Waals surface area contributed by atoms with Crippen LogP contribution in [-0.4, -0.2) is 20.0 Å². The third-order valence-corrected chi connectivity index (χ3v) is 0.675. The molecule has 0 unspecified atom stereocenters.